The van der Waals surface area contributed by atoms with Gasteiger partial charge in [0.25, 0.3) is 0 Å². The number of rotatable bonds is 6. The van der Waals surface area contributed by atoms with Gasteiger partial charge in [-0.15, -0.1) is 35.3 Å². The molecular weight excluding hydrogens is 246 g/mol. The summed E-state index contributed by atoms with van der Waals surface area (Å²) in [5.41, 5.74) is 1.14. The van der Waals surface area contributed by atoms with Gasteiger partial charge in [-0.1, -0.05) is 20.8 Å². The summed E-state index contributed by atoms with van der Waals surface area (Å²) in [7, 11) is 0. The summed E-state index contributed by atoms with van der Waals surface area (Å²) in [6.07, 6.45) is 0. The minimum absolute atomic E-state index is 0.379. The van der Waals surface area contributed by atoms with Crippen molar-refractivity contribution >= 4 is 35.3 Å². The molecule has 0 aromatic rings. The second kappa shape index (κ2) is 8.08. The van der Waals surface area contributed by atoms with Crippen LogP contribution in [0.5, 0.6) is 0 Å². The molecule has 3 nitrogen and oxygen atoms in total. The Morgan fingerprint density at radius 2 is 0.933 bits per heavy atom. The zero-order chi connectivity index (χ0) is 11.1. The Morgan fingerprint density at radius 1 is 0.667 bits per heavy atom. The van der Waals surface area contributed by atoms with Crippen molar-refractivity contribution in [3.05, 3.63) is 0 Å². The monoisotopic (exact) mass is 267 g/mol. The van der Waals surface area contributed by atoms with Crippen molar-refractivity contribution in [3.63, 3.8) is 0 Å². The molecule has 0 radical (unpaired) electrons. The van der Waals surface area contributed by atoms with Crippen molar-refractivity contribution in [2.45, 2.75) is 37.3 Å². The van der Waals surface area contributed by atoms with Crippen LogP contribution in [-0.4, -0.2) is 33.8 Å². The summed E-state index contributed by atoms with van der Waals surface area (Å²) >= 11 is 5.77. The molecule has 0 amide bonds. The fraction of sp³-hybridized carbons (Fsp3) is 1.00. The van der Waals surface area contributed by atoms with E-state index in [1.54, 1.807) is 0 Å². The van der Waals surface area contributed by atoms with Gasteiger partial charge in [-0.25, -0.2) is 0 Å². The van der Waals surface area contributed by atoms with Crippen LogP contribution in [0.3, 0.4) is 0 Å². The lowest BCUT2D eigenvalue weighted by molar-refractivity contribution is 0.368. The average Bonchev–Trinajstić information content (AvgIpc) is 2.19. The Kier molecular flexibility index (Phi) is 7.54. The van der Waals surface area contributed by atoms with E-state index in [4.69, 9.17) is 0 Å². The van der Waals surface area contributed by atoms with Gasteiger partial charge in [-0.05, 0) is 17.3 Å². The first-order valence-electron chi connectivity index (χ1n) is 5.43. The van der Waals surface area contributed by atoms with Gasteiger partial charge >= 0.3 is 0 Å². The van der Waals surface area contributed by atoms with E-state index >= 15 is 0 Å². The van der Waals surface area contributed by atoms with Gasteiger partial charge in [-0.2, -0.15) is 0 Å². The highest BCUT2D eigenvalue weighted by molar-refractivity contribution is 8.01. The normalized spacial score (nSPS) is 31.8. The summed E-state index contributed by atoms with van der Waals surface area (Å²) in [4.78, 5) is 0. The van der Waals surface area contributed by atoms with Crippen molar-refractivity contribution in [2.24, 2.45) is 0 Å². The van der Waals surface area contributed by atoms with Gasteiger partial charge in [0.1, 0.15) is 16.5 Å². The first-order valence-corrected chi connectivity index (χ1v) is 8.57. The van der Waals surface area contributed by atoms with Crippen LogP contribution in [0.15, 0.2) is 0 Å². The molecule has 90 valence electrons. The molecule has 1 fully saturated rings. The Labute approximate surface area is 106 Å². The summed E-state index contributed by atoms with van der Waals surface area (Å²) in [5, 5.41) is 10.6. The molecule has 0 atom stereocenters. The molecular formula is C9H21N3S3. The highest BCUT2D eigenvalue weighted by Gasteiger charge is 2.25. The van der Waals surface area contributed by atoms with E-state index in [9.17, 15) is 0 Å². The minimum Gasteiger partial charge on any atom is -0.269 e. The largest absolute Gasteiger partial charge is 0.269 e. The third-order valence-corrected chi connectivity index (χ3v) is 4.72. The zero-order valence-electron chi connectivity index (χ0n) is 9.58. The van der Waals surface area contributed by atoms with E-state index in [0.29, 0.717) is 16.5 Å². The second-order valence-electron chi connectivity index (χ2n) is 3.01. The Bertz CT molecular complexity index is 136. The maximum absolute atomic E-state index is 3.53. The molecule has 1 heterocycles. The molecule has 0 spiro atoms. The first kappa shape index (κ1) is 14.0. The molecule has 1 rings (SSSR count). The lowest BCUT2D eigenvalue weighted by Crippen LogP contribution is -2.64. The van der Waals surface area contributed by atoms with Gasteiger partial charge in [0, 0.05) is 0 Å². The van der Waals surface area contributed by atoms with E-state index in [-0.39, 0.29) is 0 Å². The van der Waals surface area contributed by atoms with E-state index in [1.807, 2.05) is 35.3 Å². The van der Waals surface area contributed by atoms with Crippen molar-refractivity contribution < 1.29 is 0 Å². The number of hydrogen-bond donors (Lipinski definition) is 3. The molecule has 1 aliphatic rings. The maximum atomic E-state index is 3.53. The third-order valence-electron chi connectivity index (χ3n) is 1.91. The molecule has 0 bridgehead atoms. The standard InChI is InChI=1S/C9H21N3S3/c1-4-13-7-10-8(14-5-2)12-9(11-7)15-6-3/h7-12H,4-6H2,1-3H3. The van der Waals surface area contributed by atoms with Gasteiger partial charge in [0.05, 0.1) is 0 Å². The van der Waals surface area contributed by atoms with Gasteiger partial charge < -0.3 is 0 Å². The zero-order valence-corrected chi connectivity index (χ0v) is 12.0. The summed E-state index contributed by atoms with van der Waals surface area (Å²) < 4.78 is 0. The summed E-state index contributed by atoms with van der Waals surface area (Å²) in [6.45, 7) is 6.58. The molecule has 15 heavy (non-hydrogen) atoms. The Hall–Kier alpha value is 0.930. The van der Waals surface area contributed by atoms with E-state index < -0.39 is 0 Å². The van der Waals surface area contributed by atoms with Crippen LogP contribution in [-0.2, 0) is 0 Å². The number of nitrogens with one attached hydrogen (secondary N) is 3. The molecule has 3 N–H and O–H groups in total. The van der Waals surface area contributed by atoms with Crippen LogP contribution in [0.1, 0.15) is 20.8 Å². The van der Waals surface area contributed by atoms with Crippen molar-refractivity contribution in [1.29, 1.82) is 0 Å². The Morgan fingerprint density at radius 3 is 1.13 bits per heavy atom. The van der Waals surface area contributed by atoms with E-state index in [2.05, 4.69) is 36.7 Å². The smallest absolute Gasteiger partial charge is 0.109 e. The van der Waals surface area contributed by atoms with Gasteiger partial charge in [0.15, 0.2) is 0 Å². The molecule has 0 aliphatic carbocycles. The first-order chi connectivity index (χ1) is 7.30. The topological polar surface area (TPSA) is 36.1 Å². The second-order valence-corrected chi connectivity index (χ2v) is 7.15. The molecule has 1 aliphatic heterocycles. The fourth-order valence-electron chi connectivity index (χ4n) is 1.35. The SMILES string of the molecule is CCSC1NC(SCC)NC(SCC)N1. The quantitative estimate of drug-likeness (QED) is 0.682. The molecule has 0 saturated carbocycles. The number of thioether (sulfide) groups is 3. The average molecular weight is 267 g/mol. The minimum atomic E-state index is 0.379. The maximum Gasteiger partial charge on any atom is 0.109 e. The van der Waals surface area contributed by atoms with E-state index in [1.165, 1.54) is 0 Å². The molecule has 1 saturated heterocycles. The van der Waals surface area contributed by atoms with Crippen LogP contribution in [0.25, 0.3) is 0 Å². The van der Waals surface area contributed by atoms with Crippen molar-refractivity contribution in [1.82, 2.24) is 16.0 Å². The molecule has 6 heteroatoms. The Balaban J connectivity index is 2.40. The summed E-state index contributed by atoms with van der Waals surface area (Å²) in [6, 6.07) is 0. The highest BCUT2D eigenvalue weighted by Crippen LogP contribution is 2.19. The third kappa shape index (κ3) is 5.19. The number of hydrogen-bond acceptors (Lipinski definition) is 6. The lowest BCUT2D eigenvalue weighted by Gasteiger charge is -2.37. The van der Waals surface area contributed by atoms with Crippen LogP contribution < -0.4 is 16.0 Å². The predicted molar refractivity (Wildman–Crippen MR) is 75.2 cm³/mol. The van der Waals surface area contributed by atoms with Crippen LogP contribution in [0.4, 0.5) is 0 Å². The predicted octanol–water partition coefficient (Wildman–Crippen LogP) is 1.88. The fourth-order valence-corrected chi connectivity index (χ4v) is 4.00. The highest BCUT2D eigenvalue weighted by atomic mass is 32.2. The van der Waals surface area contributed by atoms with Crippen LogP contribution in [0.2, 0.25) is 0 Å². The van der Waals surface area contributed by atoms with Crippen LogP contribution >= 0.6 is 35.3 Å². The van der Waals surface area contributed by atoms with Gasteiger partial charge in [0.2, 0.25) is 0 Å². The van der Waals surface area contributed by atoms with Gasteiger partial charge in [-0.3, -0.25) is 16.0 Å². The van der Waals surface area contributed by atoms with E-state index in [0.717, 1.165) is 17.3 Å². The molecule has 0 aromatic carbocycles. The van der Waals surface area contributed by atoms with Crippen molar-refractivity contribution in [2.75, 3.05) is 17.3 Å². The molecule has 0 unspecified atom stereocenters. The molecule has 0 aromatic heterocycles. The van der Waals surface area contributed by atoms with Crippen molar-refractivity contribution in [3.8, 4) is 0 Å². The summed E-state index contributed by atoms with van der Waals surface area (Å²) in [5.74, 6) is 3.41. The van der Waals surface area contributed by atoms with Crippen LogP contribution in [0, 0.1) is 0 Å². The lowest BCUT2D eigenvalue weighted by atomic mass is 10.7.